The fourth-order valence-electron chi connectivity index (χ4n) is 4.14. The van der Waals surface area contributed by atoms with Crippen LogP contribution in [0.1, 0.15) is 11.1 Å². The molecule has 1 saturated heterocycles. The number of hydrogen-bond acceptors (Lipinski definition) is 6. The third-order valence-corrected chi connectivity index (χ3v) is 7.63. The lowest BCUT2D eigenvalue weighted by molar-refractivity contribution is -0.123. The molecule has 0 bridgehead atoms. The van der Waals surface area contributed by atoms with Crippen LogP contribution in [0, 0.1) is 0 Å². The molecule has 198 valence electrons. The summed E-state index contributed by atoms with van der Waals surface area (Å²) in [6, 6.07) is 24.4. The summed E-state index contributed by atoms with van der Waals surface area (Å²) in [6.45, 7) is 0.509. The Hall–Kier alpha value is -3.65. The minimum atomic E-state index is -0.388. The van der Waals surface area contributed by atoms with Crippen molar-refractivity contribution < 1.29 is 23.8 Å². The lowest BCUT2D eigenvalue weighted by Crippen LogP contribution is -2.32. The summed E-state index contributed by atoms with van der Waals surface area (Å²) in [6.07, 6.45) is 1.61. The molecule has 0 spiro atoms. The fourth-order valence-corrected chi connectivity index (χ4v) is 5.47. The molecule has 1 aliphatic rings. The average Bonchev–Trinajstić information content (AvgIpc) is 3.20. The summed E-state index contributed by atoms with van der Waals surface area (Å²) in [5.74, 6) is 1.06. The third-order valence-electron chi connectivity index (χ3n) is 6.08. The number of thioether (sulfide) groups is 1. The van der Waals surface area contributed by atoms with Gasteiger partial charge in [0.15, 0.2) is 11.5 Å². The second kappa shape index (κ2) is 12.0. The van der Waals surface area contributed by atoms with Gasteiger partial charge in [-0.1, -0.05) is 77.8 Å². The number of halogens is 2. The molecule has 39 heavy (non-hydrogen) atoms. The van der Waals surface area contributed by atoms with Crippen molar-refractivity contribution in [3.63, 3.8) is 0 Å². The van der Waals surface area contributed by atoms with Crippen LogP contribution in [0.15, 0.2) is 83.8 Å². The van der Waals surface area contributed by atoms with Gasteiger partial charge >= 0.3 is 0 Å². The lowest BCUT2D eigenvalue weighted by Gasteiger charge is -2.15. The van der Waals surface area contributed by atoms with E-state index in [1.165, 1.54) is 12.0 Å². The van der Waals surface area contributed by atoms with Gasteiger partial charge in [0.1, 0.15) is 19.0 Å². The van der Waals surface area contributed by atoms with Gasteiger partial charge < -0.3 is 14.2 Å². The summed E-state index contributed by atoms with van der Waals surface area (Å²) in [5, 5.41) is 2.56. The molecule has 0 N–H and O–H groups in total. The van der Waals surface area contributed by atoms with E-state index >= 15 is 0 Å². The molecular formula is C30H23Cl2NO5S. The lowest BCUT2D eigenvalue weighted by atomic mass is 10.1. The highest BCUT2D eigenvalue weighted by molar-refractivity contribution is 8.18. The second-order valence-electron chi connectivity index (χ2n) is 8.57. The molecule has 1 heterocycles. The van der Waals surface area contributed by atoms with E-state index in [1.807, 2.05) is 60.7 Å². The predicted molar refractivity (Wildman–Crippen MR) is 156 cm³/mol. The van der Waals surface area contributed by atoms with E-state index in [1.54, 1.807) is 24.3 Å². The first-order chi connectivity index (χ1) is 18.9. The maximum Gasteiger partial charge on any atom is 0.293 e. The topological polar surface area (TPSA) is 65.1 Å². The Morgan fingerprint density at radius 3 is 2.46 bits per heavy atom. The van der Waals surface area contributed by atoms with Gasteiger partial charge in [0, 0.05) is 16.0 Å². The van der Waals surface area contributed by atoms with Crippen LogP contribution in [0.25, 0.3) is 16.8 Å². The van der Waals surface area contributed by atoms with Crippen molar-refractivity contribution in [3.8, 4) is 17.2 Å². The molecule has 0 saturated carbocycles. The molecule has 0 aromatic heterocycles. The molecule has 0 aliphatic carbocycles. The number of ether oxygens (including phenoxy) is 3. The molecule has 1 fully saturated rings. The Kier molecular flexibility index (Phi) is 8.31. The Morgan fingerprint density at radius 1 is 0.872 bits per heavy atom. The fraction of sp³-hybridized carbons (Fsp3) is 0.133. The number of carbonyl (C=O) groups is 2. The molecule has 1 aliphatic heterocycles. The maximum absolute atomic E-state index is 13.0. The number of rotatable bonds is 9. The summed E-state index contributed by atoms with van der Waals surface area (Å²) in [4.78, 5) is 27.1. The van der Waals surface area contributed by atoms with Crippen LogP contribution in [0.4, 0.5) is 4.79 Å². The summed E-state index contributed by atoms with van der Waals surface area (Å²) in [7, 11) is 1.50. The first-order valence-corrected chi connectivity index (χ1v) is 13.6. The molecule has 0 unspecified atom stereocenters. The van der Waals surface area contributed by atoms with Crippen molar-refractivity contribution in [1.82, 2.24) is 4.90 Å². The molecule has 2 amide bonds. The molecule has 0 radical (unpaired) electrons. The van der Waals surface area contributed by atoms with E-state index in [9.17, 15) is 9.59 Å². The van der Waals surface area contributed by atoms with Gasteiger partial charge in [0.25, 0.3) is 11.1 Å². The van der Waals surface area contributed by atoms with Crippen LogP contribution in [0.2, 0.25) is 10.0 Å². The molecule has 6 nitrogen and oxygen atoms in total. The number of imide groups is 1. The second-order valence-corrected chi connectivity index (χ2v) is 10.4. The van der Waals surface area contributed by atoms with Crippen LogP contribution < -0.4 is 14.2 Å². The van der Waals surface area contributed by atoms with Gasteiger partial charge in [-0.05, 0) is 53.1 Å². The zero-order valence-electron chi connectivity index (χ0n) is 20.9. The number of methoxy groups -OCH3 is 1. The number of carbonyl (C=O) groups excluding carboxylic acids is 2. The van der Waals surface area contributed by atoms with Crippen molar-refractivity contribution in [3.05, 3.63) is 105 Å². The SMILES string of the molecule is COc1cc(/C=C2\SC(=O)N(CCOc3cccc4ccccc34)C2=O)cc(Cl)c1OCc1ccccc1Cl. The van der Waals surface area contributed by atoms with Gasteiger partial charge in [-0.25, -0.2) is 0 Å². The monoisotopic (exact) mass is 579 g/mol. The summed E-state index contributed by atoms with van der Waals surface area (Å²) < 4.78 is 17.3. The third kappa shape index (κ3) is 6.01. The van der Waals surface area contributed by atoms with Crippen molar-refractivity contribution in [2.45, 2.75) is 6.61 Å². The van der Waals surface area contributed by atoms with E-state index in [0.29, 0.717) is 32.9 Å². The van der Waals surface area contributed by atoms with Crippen molar-refractivity contribution in [1.29, 1.82) is 0 Å². The summed E-state index contributed by atoms with van der Waals surface area (Å²) >= 11 is 13.6. The number of amides is 2. The highest BCUT2D eigenvalue weighted by Crippen LogP contribution is 2.39. The van der Waals surface area contributed by atoms with Gasteiger partial charge in [-0.3, -0.25) is 14.5 Å². The molecular weight excluding hydrogens is 557 g/mol. The van der Waals surface area contributed by atoms with Crippen LogP contribution >= 0.6 is 35.0 Å². The first kappa shape index (κ1) is 26.9. The Balaban J connectivity index is 1.27. The van der Waals surface area contributed by atoms with Gasteiger partial charge in [0.2, 0.25) is 0 Å². The van der Waals surface area contributed by atoms with Crippen molar-refractivity contribution in [2.75, 3.05) is 20.3 Å². The highest BCUT2D eigenvalue weighted by Gasteiger charge is 2.35. The number of hydrogen-bond donors (Lipinski definition) is 0. The molecule has 9 heteroatoms. The highest BCUT2D eigenvalue weighted by atomic mass is 35.5. The quantitative estimate of drug-likeness (QED) is 0.188. The zero-order valence-corrected chi connectivity index (χ0v) is 23.2. The summed E-state index contributed by atoms with van der Waals surface area (Å²) in [5.41, 5.74) is 1.40. The van der Waals surface area contributed by atoms with Gasteiger partial charge in [0.05, 0.1) is 23.6 Å². The molecule has 4 aromatic carbocycles. The first-order valence-electron chi connectivity index (χ1n) is 12.0. The minimum absolute atomic E-state index is 0.129. The number of nitrogens with zero attached hydrogens (tertiary/aromatic N) is 1. The van der Waals surface area contributed by atoms with E-state index in [4.69, 9.17) is 37.4 Å². The van der Waals surface area contributed by atoms with E-state index < -0.39 is 0 Å². The minimum Gasteiger partial charge on any atom is -0.493 e. The van der Waals surface area contributed by atoms with Crippen LogP contribution in [0.5, 0.6) is 17.2 Å². The average molecular weight is 580 g/mol. The van der Waals surface area contributed by atoms with Crippen LogP contribution in [0.3, 0.4) is 0 Å². The van der Waals surface area contributed by atoms with Crippen molar-refractivity contribution in [2.24, 2.45) is 0 Å². The van der Waals surface area contributed by atoms with E-state index in [0.717, 1.165) is 28.1 Å². The van der Waals surface area contributed by atoms with E-state index in [-0.39, 0.29) is 35.8 Å². The molecule has 0 atom stereocenters. The largest absolute Gasteiger partial charge is 0.493 e. The smallest absolute Gasteiger partial charge is 0.293 e. The zero-order chi connectivity index (χ0) is 27.4. The van der Waals surface area contributed by atoms with Gasteiger partial charge in [-0.15, -0.1) is 0 Å². The Labute approximate surface area is 240 Å². The Morgan fingerprint density at radius 2 is 1.64 bits per heavy atom. The Bertz CT molecular complexity index is 1580. The maximum atomic E-state index is 13.0. The standard InChI is InChI=1S/C30H23Cl2NO5S/c1-36-26-16-19(15-24(32)28(26)38-18-21-8-3-5-11-23(21)31)17-27-29(34)33(30(35)39-27)13-14-37-25-12-6-9-20-7-2-4-10-22(20)25/h2-12,15-17H,13-14,18H2,1H3/b27-17-. The molecule has 5 rings (SSSR count). The number of fused-ring (bicyclic) bond motifs is 1. The van der Waals surface area contributed by atoms with Gasteiger partial charge in [-0.2, -0.15) is 0 Å². The van der Waals surface area contributed by atoms with Crippen LogP contribution in [-0.4, -0.2) is 36.3 Å². The molecule has 4 aromatic rings. The predicted octanol–water partition coefficient (Wildman–Crippen LogP) is 7.85. The van der Waals surface area contributed by atoms with Crippen molar-refractivity contribution >= 4 is 63.0 Å². The normalized spacial score (nSPS) is 14.3. The van der Waals surface area contributed by atoms with Crippen LogP contribution in [-0.2, 0) is 11.4 Å². The van der Waals surface area contributed by atoms with E-state index in [2.05, 4.69) is 0 Å². The number of benzene rings is 4.